The number of piperazine rings is 1. The summed E-state index contributed by atoms with van der Waals surface area (Å²) in [6, 6.07) is 5.06. The zero-order chi connectivity index (χ0) is 17.3. The summed E-state index contributed by atoms with van der Waals surface area (Å²) in [5.74, 6) is -4.25. The molecule has 2 heterocycles. The maximum Gasteiger partial charge on any atom is 0.319 e. The summed E-state index contributed by atoms with van der Waals surface area (Å²) in [6.07, 6.45) is -2.15. The number of H-pyrrole nitrogens is 1. The monoisotopic (exact) mass is 344 g/mol. The van der Waals surface area contributed by atoms with Gasteiger partial charge in [0, 0.05) is 31.7 Å². The number of amides is 1. The highest BCUT2D eigenvalue weighted by molar-refractivity contribution is 5.97. The van der Waals surface area contributed by atoms with Crippen molar-refractivity contribution in [1.29, 1.82) is 0 Å². The van der Waals surface area contributed by atoms with Crippen LogP contribution < -0.4 is 0 Å². The molecule has 1 amide bonds. The normalized spacial score (nSPS) is 17.0. The highest BCUT2D eigenvalue weighted by Crippen LogP contribution is 2.24. The summed E-state index contributed by atoms with van der Waals surface area (Å²) in [5.41, 5.74) is 1.94. The number of fused-ring (bicyclic) bond motifs is 1. The number of rotatable bonds is 4. The van der Waals surface area contributed by atoms with Gasteiger partial charge in [-0.25, -0.2) is 13.8 Å². The summed E-state index contributed by atoms with van der Waals surface area (Å²) in [6.45, 7) is -0.272. The second-order valence-electron chi connectivity index (χ2n) is 5.76. The molecule has 9 heteroatoms. The lowest BCUT2D eigenvalue weighted by atomic mass is 10.1. The van der Waals surface area contributed by atoms with Crippen molar-refractivity contribution < 1.29 is 22.4 Å². The van der Waals surface area contributed by atoms with E-state index < -0.39 is 18.9 Å². The zero-order valence-electron chi connectivity index (χ0n) is 12.7. The highest BCUT2D eigenvalue weighted by Gasteiger charge is 2.42. The van der Waals surface area contributed by atoms with Crippen LogP contribution in [0.2, 0.25) is 0 Å². The van der Waals surface area contributed by atoms with Crippen LogP contribution in [-0.2, 0) is 0 Å². The van der Waals surface area contributed by atoms with E-state index in [1.54, 1.807) is 18.2 Å². The highest BCUT2D eigenvalue weighted by atomic mass is 19.3. The number of carbonyl (C=O) groups excluding carboxylic acids is 1. The third-order valence-electron chi connectivity index (χ3n) is 4.08. The SMILES string of the molecule is O=C(c1ccc2nc[nH]c2c1)N1CCN(CC(F)(F)C(F)F)CC1. The fraction of sp³-hybridized carbons (Fsp3) is 0.467. The fourth-order valence-corrected chi connectivity index (χ4v) is 2.73. The molecule has 2 aromatic rings. The van der Waals surface area contributed by atoms with E-state index in [4.69, 9.17) is 0 Å². The lowest BCUT2D eigenvalue weighted by molar-refractivity contribution is -0.144. The predicted molar refractivity (Wildman–Crippen MR) is 79.4 cm³/mol. The number of nitrogens with zero attached hydrogens (tertiary/aromatic N) is 3. The van der Waals surface area contributed by atoms with Gasteiger partial charge in [0.2, 0.25) is 0 Å². The Labute approximate surface area is 135 Å². The Kier molecular flexibility index (Phi) is 4.44. The number of aromatic amines is 1. The van der Waals surface area contributed by atoms with E-state index >= 15 is 0 Å². The molecule has 0 saturated carbocycles. The summed E-state index contributed by atoms with van der Waals surface area (Å²) in [7, 11) is 0. The topological polar surface area (TPSA) is 52.2 Å². The van der Waals surface area contributed by atoms with Crippen LogP contribution in [0, 0.1) is 0 Å². The molecule has 130 valence electrons. The average Bonchev–Trinajstić information content (AvgIpc) is 3.02. The van der Waals surface area contributed by atoms with E-state index in [1.807, 2.05) is 0 Å². The molecule has 0 radical (unpaired) electrons. The van der Waals surface area contributed by atoms with E-state index in [1.165, 1.54) is 16.1 Å². The molecule has 0 spiro atoms. The lowest BCUT2D eigenvalue weighted by Crippen LogP contribution is -2.52. The van der Waals surface area contributed by atoms with Gasteiger partial charge in [-0.3, -0.25) is 9.69 Å². The van der Waals surface area contributed by atoms with E-state index in [0.717, 1.165) is 11.0 Å². The van der Waals surface area contributed by atoms with Crippen molar-refractivity contribution in [2.45, 2.75) is 12.3 Å². The quantitative estimate of drug-likeness (QED) is 0.866. The molecule has 1 N–H and O–H groups in total. The van der Waals surface area contributed by atoms with Gasteiger partial charge >= 0.3 is 12.3 Å². The van der Waals surface area contributed by atoms with Crippen molar-refractivity contribution in [2.24, 2.45) is 0 Å². The minimum atomic E-state index is -4.03. The Bertz CT molecular complexity index is 725. The number of hydrogen-bond donors (Lipinski definition) is 1. The van der Waals surface area contributed by atoms with Crippen LogP contribution in [0.1, 0.15) is 10.4 Å². The second kappa shape index (κ2) is 6.39. The number of aromatic nitrogens is 2. The van der Waals surface area contributed by atoms with Gasteiger partial charge in [-0.05, 0) is 18.2 Å². The van der Waals surface area contributed by atoms with Crippen molar-refractivity contribution in [2.75, 3.05) is 32.7 Å². The Hall–Kier alpha value is -2.16. The van der Waals surface area contributed by atoms with Crippen molar-refractivity contribution in [3.63, 3.8) is 0 Å². The first-order valence-corrected chi connectivity index (χ1v) is 7.47. The number of imidazole rings is 1. The van der Waals surface area contributed by atoms with Gasteiger partial charge in [-0.2, -0.15) is 8.78 Å². The molecule has 24 heavy (non-hydrogen) atoms. The maximum absolute atomic E-state index is 13.1. The standard InChI is InChI=1S/C15H16F4N4O/c16-14(17)15(18,19)8-22-3-5-23(6-4-22)13(24)10-1-2-11-12(7-10)21-9-20-11/h1-2,7,9,14H,3-6,8H2,(H,20,21). The van der Waals surface area contributed by atoms with E-state index in [2.05, 4.69) is 9.97 Å². The number of carbonyl (C=O) groups is 1. The van der Waals surface area contributed by atoms with Crippen LogP contribution in [0.4, 0.5) is 17.6 Å². The molecule has 1 aliphatic rings. The van der Waals surface area contributed by atoms with Crippen LogP contribution in [0.15, 0.2) is 24.5 Å². The Balaban J connectivity index is 1.60. The Morgan fingerprint density at radius 2 is 1.96 bits per heavy atom. The van der Waals surface area contributed by atoms with E-state index in [0.29, 0.717) is 5.56 Å². The largest absolute Gasteiger partial charge is 0.345 e. The van der Waals surface area contributed by atoms with Gasteiger partial charge < -0.3 is 9.88 Å². The van der Waals surface area contributed by atoms with Crippen molar-refractivity contribution in [3.8, 4) is 0 Å². The van der Waals surface area contributed by atoms with Crippen molar-refractivity contribution >= 4 is 16.9 Å². The molecule has 0 aliphatic carbocycles. The summed E-state index contributed by atoms with van der Waals surface area (Å²) < 4.78 is 50.7. The minimum Gasteiger partial charge on any atom is -0.345 e. The molecule has 1 aromatic carbocycles. The Morgan fingerprint density at radius 3 is 2.62 bits per heavy atom. The van der Waals surface area contributed by atoms with Crippen LogP contribution in [0.25, 0.3) is 11.0 Å². The molecule has 1 saturated heterocycles. The van der Waals surface area contributed by atoms with Crippen molar-refractivity contribution in [1.82, 2.24) is 19.8 Å². The molecule has 0 bridgehead atoms. The van der Waals surface area contributed by atoms with E-state index in [-0.39, 0.29) is 32.1 Å². The van der Waals surface area contributed by atoms with Gasteiger partial charge in [0.05, 0.1) is 23.9 Å². The summed E-state index contributed by atoms with van der Waals surface area (Å²) in [4.78, 5) is 22.3. The van der Waals surface area contributed by atoms with Gasteiger partial charge in [0.15, 0.2) is 0 Å². The summed E-state index contributed by atoms with van der Waals surface area (Å²) in [5, 5.41) is 0. The maximum atomic E-state index is 13.1. The average molecular weight is 344 g/mol. The molecule has 0 unspecified atom stereocenters. The van der Waals surface area contributed by atoms with Gasteiger partial charge in [0.1, 0.15) is 0 Å². The molecule has 1 aliphatic heterocycles. The molecule has 5 nitrogen and oxygen atoms in total. The number of halogens is 4. The smallest absolute Gasteiger partial charge is 0.319 e. The van der Waals surface area contributed by atoms with E-state index in [9.17, 15) is 22.4 Å². The fourth-order valence-electron chi connectivity index (χ4n) is 2.73. The van der Waals surface area contributed by atoms with Crippen LogP contribution in [0.3, 0.4) is 0 Å². The summed E-state index contributed by atoms with van der Waals surface area (Å²) >= 11 is 0. The predicted octanol–water partition coefficient (Wildman–Crippen LogP) is 2.22. The third-order valence-corrected chi connectivity index (χ3v) is 4.08. The van der Waals surface area contributed by atoms with Gasteiger partial charge in [-0.15, -0.1) is 0 Å². The number of nitrogens with one attached hydrogen (secondary N) is 1. The molecule has 0 atom stereocenters. The first-order chi connectivity index (χ1) is 11.4. The molecular weight excluding hydrogens is 328 g/mol. The van der Waals surface area contributed by atoms with Crippen LogP contribution in [-0.4, -0.2) is 70.7 Å². The second-order valence-corrected chi connectivity index (χ2v) is 5.76. The molecular formula is C15H16F4N4O. The zero-order valence-corrected chi connectivity index (χ0v) is 12.7. The van der Waals surface area contributed by atoms with Crippen LogP contribution >= 0.6 is 0 Å². The third kappa shape index (κ3) is 3.35. The molecule has 1 aromatic heterocycles. The minimum absolute atomic E-state index is 0.139. The van der Waals surface area contributed by atoms with Gasteiger partial charge in [0.25, 0.3) is 5.91 Å². The van der Waals surface area contributed by atoms with Crippen LogP contribution in [0.5, 0.6) is 0 Å². The molecule has 3 rings (SSSR count). The first-order valence-electron chi connectivity index (χ1n) is 7.47. The molecule has 1 fully saturated rings. The number of hydrogen-bond acceptors (Lipinski definition) is 3. The Morgan fingerprint density at radius 1 is 1.25 bits per heavy atom. The van der Waals surface area contributed by atoms with Crippen molar-refractivity contribution in [3.05, 3.63) is 30.1 Å². The first kappa shape index (κ1) is 16.7. The lowest BCUT2D eigenvalue weighted by Gasteiger charge is -2.36. The number of benzene rings is 1. The number of alkyl halides is 4. The van der Waals surface area contributed by atoms with Gasteiger partial charge in [-0.1, -0.05) is 0 Å².